The van der Waals surface area contributed by atoms with Gasteiger partial charge in [0.05, 0.1) is 5.69 Å². The second kappa shape index (κ2) is 5.73. The van der Waals surface area contributed by atoms with Gasteiger partial charge in [-0.25, -0.2) is 4.79 Å². The Morgan fingerprint density at radius 1 is 1.32 bits per heavy atom. The maximum atomic E-state index is 12.0. The Labute approximate surface area is 126 Å². The highest BCUT2D eigenvalue weighted by atomic mass is 79.9. The van der Waals surface area contributed by atoms with Gasteiger partial charge >= 0.3 is 5.97 Å². The van der Waals surface area contributed by atoms with Crippen molar-refractivity contribution >= 4 is 56.4 Å². The maximum absolute atomic E-state index is 12.0. The van der Waals surface area contributed by atoms with E-state index >= 15 is 0 Å². The number of amides is 1. The Hall–Kier alpha value is -1.37. The average molecular weight is 361 g/mol. The van der Waals surface area contributed by atoms with Crippen LogP contribution in [0.2, 0.25) is 5.02 Å². The van der Waals surface area contributed by atoms with Gasteiger partial charge in [-0.2, -0.15) is 0 Å². The molecular weight excluding hydrogens is 354 g/mol. The molecule has 4 nitrogen and oxygen atoms in total. The first-order valence-corrected chi connectivity index (χ1v) is 7.10. The van der Waals surface area contributed by atoms with Gasteiger partial charge in [0.2, 0.25) is 0 Å². The van der Waals surface area contributed by atoms with Crippen LogP contribution in [0.1, 0.15) is 20.0 Å². The summed E-state index contributed by atoms with van der Waals surface area (Å²) in [6.45, 7) is 0. The molecule has 0 aliphatic heterocycles. The zero-order valence-corrected chi connectivity index (χ0v) is 12.5. The molecule has 2 aromatic rings. The van der Waals surface area contributed by atoms with Crippen molar-refractivity contribution in [1.82, 2.24) is 0 Å². The number of hydrogen-bond acceptors (Lipinski definition) is 3. The lowest BCUT2D eigenvalue weighted by atomic mass is 10.2. The number of thiophene rings is 1. The van der Waals surface area contributed by atoms with Crippen molar-refractivity contribution in [3.63, 3.8) is 0 Å². The molecule has 0 spiro atoms. The minimum atomic E-state index is -1.07. The standard InChI is InChI=1S/C12H7BrClNO3S/c13-7-3-6(4-8(14)5-7)11(16)15-9-1-2-19-10(9)12(17)18/h1-5H,(H,15,16)(H,17,18). The van der Waals surface area contributed by atoms with Gasteiger partial charge in [0, 0.05) is 15.1 Å². The van der Waals surface area contributed by atoms with E-state index in [0.29, 0.717) is 15.1 Å². The van der Waals surface area contributed by atoms with E-state index in [0.717, 1.165) is 11.3 Å². The highest BCUT2D eigenvalue weighted by Crippen LogP contribution is 2.24. The molecule has 1 aromatic carbocycles. The van der Waals surface area contributed by atoms with Crippen molar-refractivity contribution in [3.8, 4) is 0 Å². The molecule has 0 fully saturated rings. The average Bonchev–Trinajstić information content (AvgIpc) is 2.75. The van der Waals surface area contributed by atoms with Crippen molar-refractivity contribution in [2.75, 3.05) is 5.32 Å². The van der Waals surface area contributed by atoms with Crippen molar-refractivity contribution in [2.24, 2.45) is 0 Å². The summed E-state index contributed by atoms with van der Waals surface area (Å²) < 4.78 is 0.675. The van der Waals surface area contributed by atoms with Crippen LogP contribution in [0.3, 0.4) is 0 Å². The van der Waals surface area contributed by atoms with E-state index in [1.807, 2.05) is 0 Å². The van der Waals surface area contributed by atoms with E-state index in [-0.39, 0.29) is 10.6 Å². The number of rotatable bonds is 3. The van der Waals surface area contributed by atoms with Gasteiger partial charge in [-0.15, -0.1) is 11.3 Å². The SMILES string of the molecule is O=C(Nc1ccsc1C(=O)O)c1cc(Cl)cc(Br)c1. The van der Waals surface area contributed by atoms with Crippen LogP contribution in [0, 0.1) is 0 Å². The molecule has 19 heavy (non-hydrogen) atoms. The molecule has 0 aliphatic rings. The summed E-state index contributed by atoms with van der Waals surface area (Å²) in [6, 6.07) is 6.32. The summed E-state index contributed by atoms with van der Waals surface area (Å²) in [5.74, 6) is -1.48. The predicted molar refractivity (Wildman–Crippen MR) is 78.4 cm³/mol. The van der Waals surface area contributed by atoms with Gasteiger partial charge in [-0.05, 0) is 29.6 Å². The van der Waals surface area contributed by atoms with Gasteiger partial charge in [0.15, 0.2) is 0 Å². The lowest BCUT2D eigenvalue weighted by Crippen LogP contribution is -2.13. The van der Waals surface area contributed by atoms with Crippen LogP contribution >= 0.6 is 38.9 Å². The van der Waals surface area contributed by atoms with Gasteiger partial charge in [0.1, 0.15) is 4.88 Å². The first-order chi connectivity index (χ1) is 8.97. The summed E-state index contributed by atoms with van der Waals surface area (Å²) in [7, 11) is 0. The van der Waals surface area contributed by atoms with Gasteiger partial charge in [0.25, 0.3) is 5.91 Å². The van der Waals surface area contributed by atoms with Crippen molar-refractivity contribution in [3.05, 3.63) is 49.6 Å². The number of halogens is 2. The second-order valence-corrected chi connectivity index (χ2v) is 5.85. The Kier molecular flexibility index (Phi) is 4.24. The minimum absolute atomic E-state index is 0.0921. The Morgan fingerprint density at radius 2 is 2.05 bits per heavy atom. The normalized spacial score (nSPS) is 10.2. The third kappa shape index (κ3) is 3.34. The molecule has 0 unspecified atom stereocenters. The molecule has 2 rings (SSSR count). The largest absolute Gasteiger partial charge is 0.477 e. The van der Waals surface area contributed by atoms with E-state index in [9.17, 15) is 9.59 Å². The van der Waals surface area contributed by atoms with Crippen molar-refractivity contribution < 1.29 is 14.7 Å². The number of carboxylic acid groups (broad SMARTS) is 1. The Morgan fingerprint density at radius 3 is 2.68 bits per heavy atom. The third-order valence-electron chi connectivity index (χ3n) is 2.23. The number of nitrogens with one attached hydrogen (secondary N) is 1. The van der Waals surface area contributed by atoms with E-state index in [1.165, 1.54) is 6.07 Å². The van der Waals surface area contributed by atoms with E-state index in [2.05, 4.69) is 21.2 Å². The van der Waals surface area contributed by atoms with Crippen LogP contribution in [-0.2, 0) is 0 Å². The van der Waals surface area contributed by atoms with E-state index in [4.69, 9.17) is 16.7 Å². The molecule has 98 valence electrons. The summed E-state index contributed by atoms with van der Waals surface area (Å²) in [6.07, 6.45) is 0. The predicted octanol–water partition coefficient (Wildman–Crippen LogP) is 4.11. The molecule has 1 heterocycles. The van der Waals surface area contributed by atoms with Crippen LogP contribution in [0.15, 0.2) is 34.1 Å². The fourth-order valence-corrected chi connectivity index (χ4v) is 3.00. The van der Waals surface area contributed by atoms with Crippen LogP contribution in [0.5, 0.6) is 0 Å². The molecule has 7 heteroatoms. The topological polar surface area (TPSA) is 66.4 Å². The number of hydrogen-bond donors (Lipinski definition) is 2. The molecule has 2 N–H and O–H groups in total. The highest BCUT2D eigenvalue weighted by molar-refractivity contribution is 9.10. The van der Waals surface area contributed by atoms with Gasteiger partial charge in [-0.1, -0.05) is 27.5 Å². The maximum Gasteiger partial charge on any atom is 0.348 e. The summed E-state index contributed by atoms with van der Waals surface area (Å²) in [5, 5.41) is 13.5. The van der Waals surface area contributed by atoms with Gasteiger partial charge in [-0.3, -0.25) is 4.79 Å². The molecule has 1 aromatic heterocycles. The lowest BCUT2D eigenvalue weighted by molar-refractivity contribution is 0.0703. The second-order valence-electron chi connectivity index (χ2n) is 3.58. The molecule has 0 saturated carbocycles. The third-order valence-corrected chi connectivity index (χ3v) is 3.81. The number of carbonyl (C=O) groups excluding carboxylic acids is 1. The fraction of sp³-hybridized carbons (Fsp3) is 0. The highest BCUT2D eigenvalue weighted by Gasteiger charge is 2.15. The molecule has 0 bridgehead atoms. The lowest BCUT2D eigenvalue weighted by Gasteiger charge is -2.05. The first kappa shape index (κ1) is 14.0. The van der Waals surface area contributed by atoms with Crippen molar-refractivity contribution in [1.29, 1.82) is 0 Å². The smallest absolute Gasteiger partial charge is 0.348 e. The number of benzene rings is 1. The zero-order valence-electron chi connectivity index (χ0n) is 9.31. The fourth-order valence-electron chi connectivity index (χ4n) is 1.45. The van der Waals surface area contributed by atoms with Crippen LogP contribution in [0.4, 0.5) is 5.69 Å². The summed E-state index contributed by atoms with van der Waals surface area (Å²) >= 11 is 10.1. The molecule has 0 atom stereocenters. The van der Waals surface area contributed by atoms with Gasteiger partial charge < -0.3 is 10.4 Å². The number of anilines is 1. The van der Waals surface area contributed by atoms with E-state index < -0.39 is 11.9 Å². The number of carbonyl (C=O) groups is 2. The summed E-state index contributed by atoms with van der Waals surface area (Å²) in [5.41, 5.74) is 0.625. The van der Waals surface area contributed by atoms with Crippen LogP contribution in [0.25, 0.3) is 0 Å². The molecular formula is C12H7BrClNO3S. The van der Waals surface area contributed by atoms with E-state index in [1.54, 1.807) is 23.6 Å². The Balaban J connectivity index is 2.25. The molecule has 0 aliphatic carbocycles. The zero-order chi connectivity index (χ0) is 14.0. The van der Waals surface area contributed by atoms with Crippen LogP contribution in [-0.4, -0.2) is 17.0 Å². The molecule has 0 saturated heterocycles. The number of aromatic carboxylic acids is 1. The molecule has 0 radical (unpaired) electrons. The Bertz CT molecular complexity index is 636. The first-order valence-electron chi connectivity index (χ1n) is 5.05. The minimum Gasteiger partial charge on any atom is -0.477 e. The number of carboxylic acids is 1. The van der Waals surface area contributed by atoms with Crippen LogP contribution < -0.4 is 5.32 Å². The molecule has 1 amide bonds. The quantitative estimate of drug-likeness (QED) is 0.865. The summed E-state index contributed by atoms with van der Waals surface area (Å²) in [4.78, 5) is 23.0. The van der Waals surface area contributed by atoms with Crippen molar-refractivity contribution in [2.45, 2.75) is 0 Å². The monoisotopic (exact) mass is 359 g/mol.